The fraction of sp³-hybridized carbons (Fsp3) is 0.922. The maximum atomic E-state index is 14.3. The molecule has 8 fully saturated rings. The van der Waals surface area contributed by atoms with Crippen LogP contribution < -0.4 is 0 Å². The molecule has 4 saturated carbocycles. The van der Waals surface area contributed by atoms with Gasteiger partial charge in [-0.05, 0) is 84.9 Å². The average Bonchev–Trinajstić information content (AvgIpc) is 3.60. The molecule has 0 aromatic heterocycles. The summed E-state index contributed by atoms with van der Waals surface area (Å²) in [6.07, 6.45) is -25.9. The van der Waals surface area contributed by atoms with Crippen molar-refractivity contribution in [3.8, 4) is 0 Å². The molecule has 0 aromatic carbocycles. The van der Waals surface area contributed by atoms with Gasteiger partial charge in [-0.1, -0.05) is 60.1 Å². The van der Waals surface area contributed by atoms with Gasteiger partial charge >= 0.3 is 5.97 Å². The number of Topliss-reactive ketones (excluding diaryl/α,β-unsaturated/α-hetero) is 1. The Labute approximate surface area is 424 Å². The van der Waals surface area contributed by atoms with Crippen molar-refractivity contribution in [1.29, 1.82) is 0 Å². The predicted octanol–water partition coefficient (Wildman–Crippen LogP) is -1.26. The van der Waals surface area contributed by atoms with Gasteiger partial charge in [0.25, 0.3) is 0 Å². The maximum absolute atomic E-state index is 14.3. The van der Waals surface area contributed by atoms with Crippen LogP contribution in [0.3, 0.4) is 0 Å². The summed E-state index contributed by atoms with van der Waals surface area (Å²) in [5.41, 5.74) is -2.09. The molecular weight excluding hydrogens is 965 g/mol. The van der Waals surface area contributed by atoms with Crippen LogP contribution >= 0.6 is 0 Å². The van der Waals surface area contributed by atoms with Crippen LogP contribution in [0.5, 0.6) is 0 Å². The number of hydrogen-bond donors (Lipinski definition) is 12. The SMILES string of the molecule is CC1(C)CC[C@]2(O)C(=O)C[C@]3(C)C(=CCC4[C@@]5(C)CC[C@H](O[C@@H]6O[C@H](C(=O)O)[C@@H](OC7OC(CO)C(O)[C@@H]7O)[C@H](O[C@@H]7OC[C@H](O)[C@H](O)[C@H]7O)[C@H]6O[C@@H]6O[C@H](CO)[C@H](O)[C@H](O)[C@H]6O)C(C)(C)C5CC[C@]43C)[C@@H]2C1. The summed E-state index contributed by atoms with van der Waals surface area (Å²) in [5, 5.41) is 130. The molecule has 26 atom stereocenters. The van der Waals surface area contributed by atoms with Gasteiger partial charge in [0.2, 0.25) is 0 Å². The van der Waals surface area contributed by atoms with Crippen molar-refractivity contribution in [3.05, 3.63) is 11.6 Å². The summed E-state index contributed by atoms with van der Waals surface area (Å²) in [6.45, 7) is 13.2. The number of allylic oxidation sites excluding steroid dienone is 1. The molecule has 73 heavy (non-hydrogen) atoms. The number of rotatable bonds is 11. The van der Waals surface area contributed by atoms with Crippen LogP contribution in [0.4, 0.5) is 0 Å². The monoisotopic (exact) mass is 1040 g/mol. The number of aliphatic carboxylic acids is 1. The number of ether oxygens (including phenoxy) is 8. The second-order valence-electron chi connectivity index (χ2n) is 24.9. The molecule has 22 nitrogen and oxygen atoms in total. The predicted molar refractivity (Wildman–Crippen MR) is 247 cm³/mol. The van der Waals surface area contributed by atoms with Crippen LogP contribution in [-0.2, 0) is 47.5 Å². The molecule has 0 bridgehead atoms. The molecule has 4 heterocycles. The summed E-state index contributed by atoms with van der Waals surface area (Å²) in [6, 6.07) is 0. The van der Waals surface area contributed by atoms with Crippen LogP contribution in [0.25, 0.3) is 0 Å². The van der Waals surface area contributed by atoms with Gasteiger partial charge in [-0.3, -0.25) is 4.79 Å². The summed E-state index contributed by atoms with van der Waals surface area (Å²) in [4.78, 5) is 27.7. The zero-order valence-electron chi connectivity index (χ0n) is 42.7. The van der Waals surface area contributed by atoms with E-state index in [-0.39, 0.29) is 46.2 Å². The van der Waals surface area contributed by atoms with E-state index in [4.69, 9.17) is 37.9 Å². The van der Waals surface area contributed by atoms with Crippen molar-refractivity contribution in [2.24, 2.45) is 44.8 Å². The van der Waals surface area contributed by atoms with Gasteiger partial charge in [0.15, 0.2) is 37.0 Å². The van der Waals surface area contributed by atoms with Crippen LogP contribution in [-0.4, -0.2) is 215 Å². The molecule has 5 unspecified atom stereocenters. The number of carbonyl (C=O) groups is 2. The Hall–Kier alpha value is -1.88. The second-order valence-corrected chi connectivity index (χ2v) is 24.9. The quantitative estimate of drug-likeness (QED) is 0.0849. The van der Waals surface area contributed by atoms with Crippen molar-refractivity contribution < 1.29 is 109 Å². The lowest BCUT2D eigenvalue weighted by atomic mass is 9.34. The summed E-state index contributed by atoms with van der Waals surface area (Å²) in [5.74, 6) is -1.94. The highest BCUT2D eigenvalue weighted by molar-refractivity contribution is 5.91. The second kappa shape index (κ2) is 19.8. The molecular formula is C51H80O22. The molecule has 0 radical (unpaired) electrons. The summed E-state index contributed by atoms with van der Waals surface area (Å²) >= 11 is 0. The third kappa shape index (κ3) is 9.00. The van der Waals surface area contributed by atoms with E-state index in [1.807, 2.05) is 0 Å². The Bertz CT molecular complexity index is 2070. The molecule has 22 heteroatoms. The van der Waals surface area contributed by atoms with Gasteiger partial charge in [0, 0.05) is 17.8 Å². The molecule has 9 aliphatic rings. The largest absolute Gasteiger partial charge is 0.479 e. The molecule has 0 spiro atoms. The zero-order valence-corrected chi connectivity index (χ0v) is 42.7. The van der Waals surface area contributed by atoms with Crippen molar-refractivity contribution >= 4 is 11.8 Å². The first-order valence-corrected chi connectivity index (χ1v) is 26.1. The smallest absolute Gasteiger partial charge is 0.335 e. The highest BCUT2D eigenvalue weighted by Gasteiger charge is 2.71. The summed E-state index contributed by atoms with van der Waals surface area (Å²) in [7, 11) is 0. The van der Waals surface area contributed by atoms with E-state index in [1.165, 1.54) is 5.57 Å². The van der Waals surface area contributed by atoms with Gasteiger partial charge in [-0.15, -0.1) is 0 Å². The molecule has 0 amide bonds. The van der Waals surface area contributed by atoms with Crippen LogP contribution in [0.15, 0.2) is 11.6 Å². The standard InChI is InChI=1S/C51H80O22/c1-46(2)14-15-51(65)22(16-46)21-8-9-27-48(5)12-11-29(47(3,4)26(48)10-13-49(27,6)50(21,7)17-28(51)55)69-45-40(73-44-36(62)33(59)31(57)24(18-52)67-44)38(70-42-34(60)30(56)23(54)20-66-42)37(39(72-45)41(63)64)71-43-35(61)32(58)25(19-53)68-43/h8,22-27,29-40,42-45,52-54,56-62,65H,9-20H2,1-7H3,(H,63,64)/t22-,23-,24+,25?,26?,27?,29-,30-,31-,32?,33-,34+,35-,36+,37-,38-,39-,40+,42-,43?,44-,45+,48-,49+,50+,51+/m0/s1. The van der Waals surface area contributed by atoms with E-state index < -0.39 is 159 Å². The Kier molecular flexibility index (Phi) is 15.1. The number of hydrogen-bond acceptors (Lipinski definition) is 21. The fourth-order valence-electron chi connectivity index (χ4n) is 15.5. The first-order chi connectivity index (χ1) is 34.1. The van der Waals surface area contributed by atoms with Gasteiger partial charge in [0.1, 0.15) is 85.0 Å². The molecule has 416 valence electrons. The van der Waals surface area contributed by atoms with Crippen molar-refractivity contribution in [1.82, 2.24) is 0 Å². The molecule has 12 N–H and O–H groups in total. The number of aliphatic hydroxyl groups excluding tert-OH is 10. The van der Waals surface area contributed by atoms with Crippen molar-refractivity contribution in [2.75, 3.05) is 19.8 Å². The minimum absolute atomic E-state index is 0.0300. The molecule has 4 aliphatic heterocycles. The van der Waals surface area contributed by atoms with Gasteiger partial charge in [-0.25, -0.2) is 4.79 Å². The Morgan fingerprint density at radius 2 is 1.25 bits per heavy atom. The van der Waals surface area contributed by atoms with Gasteiger partial charge < -0.3 is 99.2 Å². The molecule has 4 saturated heterocycles. The summed E-state index contributed by atoms with van der Waals surface area (Å²) < 4.78 is 49.1. The maximum Gasteiger partial charge on any atom is 0.335 e. The van der Waals surface area contributed by atoms with E-state index in [2.05, 4.69) is 54.5 Å². The first-order valence-electron chi connectivity index (χ1n) is 26.1. The third-order valence-electron chi connectivity index (χ3n) is 20.1. The van der Waals surface area contributed by atoms with E-state index in [0.29, 0.717) is 19.3 Å². The lowest BCUT2D eigenvalue weighted by Crippen LogP contribution is -2.69. The minimum Gasteiger partial charge on any atom is -0.479 e. The number of aliphatic hydroxyl groups is 11. The lowest BCUT2D eigenvalue weighted by molar-refractivity contribution is -0.401. The van der Waals surface area contributed by atoms with Crippen LogP contribution in [0, 0.1) is 44.8 Å². The van der Waals surface area contributed by atoms with E-state index in [1.54, 1.807) is 0 Å². The minimum atomic E-state index is -2.11. The van der Waals surface area contributed by atoms with Gasteiger partial charge in [-0.2, -0.15) is 0 Å². The Morgan fingerprint density at radius 1 is 0.658 bits per heavy atom. The number of carboxylic acids is 1. The number of fused-ring (bicyclic) bond motifs is 7. The number of carbonyl (C=O) groups excluding carboxylic acids is 1. The van der Waals surface area contributed by atoms with E-state index in [9.17, 15) is 70.9 Å². The number of carboxylic acid groups (broad SMARTS) is 1. The number of ketones is 1. The van der Waals surface area contributed by atoms with Crippen molar-refractivity contribution in [2.45, 2.75) is 229 Å². The average molecular weight is 1050 g/mol. The van der Waals surface area contributed by atoms with Gasteiger partial charge in [0.05, 0.1) is 25.9 Å². The topological polar surface area (TPSA) is 351 Å². The Morgan fingerprint density at radius 3 is 1.88 bits per heavy atom. The molecule has 0 aromatic rings. The van der Waals surface area contributed by atoms with Crippen molar-refractivity contribution in [3.63, 3.8) is 0 Å². The first kappa shape index (κ1) is 55.9. The zero-order chi connectivity index (χ0) is 53.3. The van der Waals surface area contributed by atoms with Crippen LogP contribution in [0.1, 0.15) is 106 Å². The fourth-order valence-corrected chi connectivity index (χ4v) is 15.5. The van der Waals surface area contributed by atoms with E-state index >= 15 is 0 Å². The molecule has 5 aliphatic carbocycles. The van der Waals surface area contributed by atoms with Crippen LogP contribution in [0.2, 0.25) is 0 Å². The normalized spacial score (nSPS) is 53.6. The van der Waals surface area contributed by atoms with E-state index in [0.717, 1.165) is 32.1 Å². The highest BCUT2D eigenvalue weighted by Crippen LogP contribution is 2.74. The third-order valence-corrected chi connectivity index (χ3v) is 20.1. The molecule has 9 rings (SSSR count). The highest BCUT2D eigenvalue weighted by atomic mass is 16.8. The Balaban J connectivity index is 1.07. The lowest BCUT2D eigenvalue weighted by Gasteiger charge is -2.71.